The number of ether oxygens (including phenoxy) is 1. The highest BCUT2D eigenvalue weighted by molar-refractivity contribution is 5.95. The van der Waals surface area contributed by atoms with Crippen molar-refractivity contribution in [1.29, 1.82) is 0 Å². The van der Waals surface area contributed by atoms with Crippen molar-refractivity contribution in [2.45, 2.75) is 43.3 Å². The number of carboxylic acid groups (broad SMARTS) is 2. The molecule has 0 aliphatic carbocycles. The van der Waals surface area contributed by atoms with Gasteiger partial charge in [0.2, 0.25) is 0 Å². The first-order valence-corrected chi connectivity index (χ1v) is 10.2. The highest BCUT2D eigenvalue weighted by Crippen LogP contribution is 2.31. The van der Waals surface area contributed by atoms with Crippen molar-refractivity contribution >= 4 is 23.7 Å². The van der Waals surface area contributed by atoms with Gasteiger partial charge < -0.3 is 52.2 Å². The Morgan fingerprint density at radius 1 is 1.06 bits per heavy atom. The number of nitrogens with zero attached hydrogens (tertiary/aromatic N) is 2. The van der Waals surface area contributed by atoms with Crippen LogP contribution in [0.25, 0.3) is 0 Å². The Balaban J connectivity index is 0.000000367. The summed E-state index contributed by atoms with van der Waals surface area (Å²) in [5.74, 6) is -4.32. The zero-order valence-corrected chi connectivity index (χ0v) is 18.2. The minimum atomic E-state index is -2.27. The van der Waals surface area contributed by atoms with Gasteiger partial charge in [0, 0.05) is 13.1 Å². The van der Waals surface area contributed by atoms with Crippen LogP contribution in [-0.2, 0) is 20.9 Å². The zero-order valence-electron chi connectivity index (χ0n) is 18.2. The van der Waals surface area contributed by atoms with E-state index in [2.05, 4.69) is 10.3 Å². The molecule has 192 valence electrons. The summed E-state index contributed by atoms with van der Waals surface area (Å²) in [6, 6.07) is 9.78. The van der Waals surface area contributed by atoms with Gasteiger partial charge in [-0.1, -0.05) is 30.3 Å². The zero-order chi connectivity index (χ0) is 26.3. The standard InChI is InChI=1S/C16H21N5O4.C4H6O6/c17-14-11(15(18)24)20-8-21(14)16-13(23)12(22)10(25-16)7-19-6-9-4-2-1-3-5-9;5-1(3(7)8)2(6)4(9)10/h1-5,8,10,12-13,16,19,22-23H,6-7,17H2,(H2,18,24);1-2,5-6H,(H,7,8)(H,9,10)/t10-,12-,13-,16-;1-,2-/m11/s1. The normalized spacial score (nSPS) is 23.1. The van der Waals surface area contributed by atoms with Crippen molar-refractivity contribution in [2.24, 2.45) is 5.73 Å². The van der Waals surface area contributed by atoms with E-state index in [9.17, 15) is 24.6 Å². The van der Waals surface area contributed by atoms with Crippen LogP contribution in [0.3, 0.4) is 0 Å². The summed E-state index contributed by atoms with van der Waals surface area (Å²) in [4.78, 5) is 34.6. The molecule has 1 aliphatic rings. The molecule has 1 saturated heterocycles. The first-order valence-electron chi connectivity index (χ1n) is 10.2. The number of primary amides is 1. The van der Waals surface area contributed by atoms with E-state index < -0.39 is 54.6 Å². The van der Waals surface area contributed by atoms with E-state index >= 15 is 0 Å². The van der Waals surface area contributed by atoms with E-state index in [0.717, 1.165) is 5.56 Å². The minimum absolute atomic E-state index is 0.0124. The lowest BCUT2D eigenvalue weighted by Gasteiger charge is -2.17. The van der Waals surface area contributed by atoms with Crippen LogP contribution < -0.4 is 16.8 Å². The second-order valence-corrected chi connectivity index (χ2v) is 7.48. The molecule has 1 aromatic carbocycles. The Bertz CT molecular complexity index is 999. The van der Waals surface area contributed by atoms with Gasteiger partial charge in [-0.15, -0.1) is 0 Å². The number of hydrogen-bond donors (Lipinski definition) is 9. The molecule has 15 heteroatoms. The molecule has 6 atom stereocenters. The van der Waals surface area contributed by atoms with Crippen LogP contribution in [0.2, 0.25) is 0 Å². The fourth-order valence-electron chi connectivity index (χ4n) is 3.12. The predicted octanol–water partition coefficient (Wildman–Crippen LogP) is -3.15. The molecule has 1 amide bonds. The number of carbonyl (C=O) groups is 3. The monoisotopic (exact) mass is 497 g/mol. The molecular weight excluding hydrogens is 470 g/mol. The maximum atomic E-state index is 11.2. The number of benzene rings is 1. The highest BCUT2D eigenvalue weighted by atomic mass is 16.6. The molecule has 0 spiro atoms. The molecule has 1 aromatic heterocycles. The number of aliphatic hydroxyl groups excluding tert-OH is 4. The number of carbonyl (C=O) groups excluding carboxylic acids is 1. The molecule has 2 aromatic rings. The largest absolute Gasteiger partial charge is 0.479 e. The summed E-state index contributed by atoms with van der Waals surface area (Å²) in [5.41, 5.74) is 12.0. The number of anilines is 1. The number of carboxylic acids is 2. The Morgan fingerprint density at radius 2 is 1.63 bits per heavy atom. The first-order chi connectivity index (χ1) is 16.5. The maximum absolute atomic E-state index is 11.2. The van der Waals surface area contributed by atoms with E-state index in [1.165, 1.54) is 10.9 Å². The molecule has 0 radical (unpaired) electrons. The van der Waals surface area contributed by atoms with E-state index in [-0.39, 0.29) is 11.5 Å². The van der Waals surface area contributed by atoms with Crippen LogP contribution in [0.1, 0.15) is 22.3 Å². The summed E-state index contributed by atoms with van der Waals surface area (Å²) in [6.07, 6.45) is -7.17. The Kier molecular flexibility index (Phi) is 9.64. The molecule has 1 aliphatic heterocycles. The van der Waals surface area contributed by atoms with Gasteiger partial charge in [0.1, 0.15) is 24.1 Å². The fourth-order valence-corrected chi connectivity index (χ4v) is 3.12. The van der Waals surface area contributed by atoms with Crippen molar-refractivity contribution < 1.29 is 49.8 Å². The smallest absolute Gasteiger partial charge is 0.335 e. The average Bonchev–Trinajstić information content (AvgIpc) is 3.33. The van der Waals surface area contributed by atoms with Crippen molar-refractivity contribution in [3.05, 3.63) is 47.9 Å². The van der Waals surface area contributed by atoms with Gasteiger partial charge >= 0.3 is 11.9 Å². The molecule has 35 heavy (non-hydrogen) atoms. The van der Waals surface area contributed by atoms with Crippen molar-refractivity contribution in [2.75, 3.05) is 12.3 Å². The molecule has 0 bridgehead atoms. The number of rotatable bonds is 9. The van der Waals surface area contributed by atoms with Crippen LogP contribution >= 0.6 is 0 Å². The van der Waals surface area contributed by atoms with Crippen LogP contribution in [0.4, 0.5) is 5.82 Å². The number of aliphatic carboxylic acids is 2. The Hall–Kier alpha value is -3.60. The number of nitrogens with two attached hydrogens (primary N) is 2. The first kappa shape index (κ1) is 27.6. The van der Waals surface area contributed by atoms with Gasteiger partial charge in [-0.3, -0.25) is 9.36 Å². The third kappa shape index (κ3) is 6.95. The average molecular weight is 497 g/mol. The highest BCUT2D eigenvalue weighted by Gasteiger charge is 2.44. The topological polar surface area (TPSA) is 264 Å². The lowest BCUT2D eigenvalue weighted by molar-refractivity contribution is -0.165. The van der Waals surface area contributed by atoms with E-state index in [1.54, 1.807) is 0 Å². The van der Waals surface area contributed by atoms with E-state index in [1.807, 2.05) is 30.3 Å². The van der Waals surface area contributed by atoms with Crippen molar-refractivity contribution in [1.82, 2.24) is 14.9 Å². The maximum Gasteiger partial charge on any atom is 0.335 e. The van der Waals surface area contributed by atoms with E-state index in [0.29, 0.717) is 13.1 Å². The van der Waals surface area contributed by atoms with Crippen molar-refractivity contribution in [3.8, 4) is 0 Å². The Morgan fingerprint density at radius 3 is 2.11 bits per heavy atom. The molecule has 1 fully saturated rings. The molecule has 15 nitrogen and oxygen atoms in total. The van der Waals surface area contributed by atoms with Crippen molar-refractivity contribution in [3.63, 3.8) is 0 Å². The van der Waals surface area contributed by atoms with Gasteiger partial charge in [-0.25, -0.2) is 14.6 Å². The lowest BCUT2D eigenvalue weighted by Crippen LogP contribution is -2.39. The summed E-state index contributed by atoms with van der Waals surface area (Å²) in [5, 5.41) is 56.2. The number of hydrogen-bond acceptors (Lipinski definition) is 11. The van der Waals surface area contributed by atoms with Gasteiger partial charge in [-0.05, 0) is 5.56 Å². The minimum Gasteiger partial charge on any atom is -0.479 e. The number of nitrogens with one attached hydrogen (secondary N) is 1. The third-order valence-electron chi connectivity index (χ3n) is 5.00. The molecule has 0 unspecified atom stereocenters. The Labute approximate surface area is 198 Å². The number of nitrogen functional groups attached to an aromatic ring is 1. The van der Waals surface area contributed by atoms with Crippen LogP contribution in [0.5, 0.6) is 0 Å². The molecule has 3 rings (SSSR count). The predicted molar refractivity (Wildman–Crippen MR) is 117 cm³/mol. The summed E-state index contributed by atoms with van der Waals surface area (Å²) in [7, 11) is 0. The quantitative estimate of drug-likeness (QED) is 0.166. The van der Waals surface area contributed by atoms with Gasteiger partial charge in [-0.2, -0.15) is 0 Å². The molecule has 2 heterocycles. The number of aromatic nitrogens is 2. The van der Waals surface area contributed by atoms with Crippen LogP contribution in [-0.4, -0.2) is 95.1 Å². The summed E-state index contributed by atoms with van der Waals surface area (Å²) >= 11 is 0. The van der Waals surface area contributed by atoms with Gasteiger partial charge in [0.15, 0.2) is 24.1 Å². The second-order valence-electron chi connectivity index (χ2n) is 7.48. The lowest BCUT2D eigenvalue weighted by atomic mass is 10.1. The second kappa shape index (κ2) is 12.2. The number of imidazole rings is 1. The summed E-state index contributed by atoms with van der Waals surface area (Å²) in [6.45, 7) is 0.939. The fraction of sp³-hybridized carbons (Fsp3) is 0.400. The molecular formula is C20H27N5O10. The molecule has 11 N–H and O–H groups in total. The van der Waals surface area contributed by atoms with Gasteiger partial charge in [0.05, 0.1) is 6.33 Å². The SMILES string of the molecule is NC(=O)c1ncn([C@@H]2O[C@H](CNCc3ccccc3)[C@@H](O)[C@H]2O)c1N.O=C(O)[C@H](O)[C@@H](O)C(=O)O. The van der Waals surface area contributed by atoms with Crippen LogP contribution in [0, 0.1) is 0 Å². The van der Waals surface area contributed by atoms with Crippen LogP contribution in [0.15, 0.2) is 36.7 Å². The van der Waals surface area contributed by atoms with Gasteiger partial charge in [0.25, 0.3) is 5.91 Å². The number of amides is 1. The number of aliphatic hydroxyl groups is 4. The summed E-state index contributed by atoms with van der Waals surface area (Å²) < 4.78 is 7.01. The van der Waals surface area contributed by atoms with E-state index in [4.69, 9.17) is 36.6 Å². The molecule has 0 saturated carbocycles. The third-order valence-corrected chi connectivity index (χ3v) is 5.00.